The monoisotopic (exact) mass is 810 g/mol. The predicted molar refractivity (Wildman–Crippen MR) is 221 cm³/mol. The Morgan fingerprint density at radius 3 is 2.61 bits per heavy atom. The number of phenols is 1. The van der Waals surface area contributed by atoms with Gasteiger partial charge >= 0.3 is 0 Å². The van der Waals surface area contributed by atoms with E-state index in [0.717, 1.165) is 41.0 Å². The van der Waals surface area contributed by atoms with Gasteiger partial charge in [0, 0.05) is 66.4 Å². The summed E-state index contributed by atoms with van der Waals surface area (Å²) in [4.78, 5) is 17.8. The van der Waals surface area contributed by atoms with E-state index in [2.05, 4.69) is 42.4 Å². The van der Waals surface area contributed by atoms with Gasteiger partial charge in [-0.25, -0.2) is 0 Å². The van der Waals surface area contributed by atoms with Gasteiger partial charge in [0.2, 0.25) is 6.29 Å². The van der Waals surface area contributed by atoms with Gasteiger partial charge in [0.1, 0.15) is 12.5 Å². The molecular weight excluding hydrogens is 753 g/mol. The number of hydrogen-bond acceptors (Lipinski definition) is 14. The smallest absolute Gasteiger partial charge is 0.201 e. The van der Waals surface area contributed by atoms with Crippen molar-refractivity contribution in [3.8, 4) is 34.8 Å². The Kier molecular flexibility index (Phi) is 15.4. The van der Waals surface area contributed by atoms with E-state index in [1.807, 2.05) is 0 Å². The Labute approximate surface area is 338 Å². The van der Waals surface area contributed by atoms with Crippen molar-refractivity contribution in [3.63, 3.8) is 0 Å². The molecule has 2 aliphatic heterocycles. The van der Waals surface area contributed by atoms with E-state index >= 15 is 0 Å². The molecule has 2 aliphatic carbocycles. The molecule has 0 saturated heterocycles. The largest absolute Gasteiger partial charge is 0.504 e. The summed E-state index contributed by atoms with van der Waals surface area (Å²) >= 11 is 0. The van der Waals surface area contributed by atoms with Crippen molar-refractivity contribution >= 4 is 33.3 Å². The molecule has 1 fully saturated rings. The van der Waals surface area contributed by atoms with Gasteiger partial charge in [-0.15, -0.1) is 0 Å². The molecular formula is C42H58N4O8S2. The second-order valence-electron chi connectivity index (χ2n) is 15.7. The van der Waals surface area contributed by atoms with E-state index in [4.69, 9.17) is 24.9 Å². The second-order valence-corrected chi connectivity index (χ2v) is 18.3. The maximum absolute atomic E-state index is 13.1. The average molecular weight is 811 g/mol. The number of carbonyl (C=O) groups excluding carboxylic acids is 1. The van der Waals surface area contributed by atoms with Gasteiger partial charge < -0.3 is 45.7 Å². The van der Waals surface area contributed by atoms with Crippen LogP contribution in [0, 0.1) is 29.6 Å². The summed E-state index contributed by atoms with van der Waals surface area (Å²) in [6, 6.07) is 5.79. The first kappa shape index (κ1) is 42.3. The molecule has 6 rings (SSSR count). The first-order valence-electron chi connectivity index (χ1n) is 20.1. The molecule has 306 valence electrons. The molecule has 0 aromatic heterocycles. The molecule has 1 saturated carbocycles. The molecule has 8 N–H and O–H groups in total. The Morgan fingerprint density at radius 2 is 1.82 bits per heavy atom. The summed E-state index contributed by atoms with van der Waals surface area (Å²) in [5.41, 5.74) is 10.0. The number of aliphatic hydroxyl groups excluding tert-OH is 3. The molecule has 5 atom stereocenters. The number of nitrogens with one attached hydrogen (secondary N) is 2. The maximum atomic E-state index is 13.1. The SMILES string of the molecule is CC(C)[C@H]1CSSC[C@@H]([C@@H]2Cc3c4cc(c(OCNC5CCCCC5)c3O[C@@H]2O)CC#Cc2c(ccc(O)c2OCO)CCC(=O)C[C@H](O)CC4)CN=C(N)N1. The lowest BCUT2D eigenvalue weighted by Crippen LogP contribution is -2.45. The molecule has 2 aromatic rings. The molecule has 14 heteroatoms. The highest BCUT2D eigenvalue weighted by Gasteiger charge is 2.38. The number of nitrogens with zero attached hydrogens (tertiary/aromatic N) is 1. The van der Waals surface area contributed by atoms with Crippen LogP contribution in [0.5, 0.6) is 23.0 Å². The minimum atomic E-state index is -1.14. The third-order valence-corrected chi connectivity index (χ3v) is 13.9. The molecule has 0 spiro atoms. The van der Waals surface area contributed by atoms with Gasteiger partial charge in [0.05, 0.1) is 11.7 Å². The number of ketones is 1. The summed E-state index contributed by atoms with van der Waals surface area (Å²) in [6.07, 6.45) is 5.85. The van der Waals surface area contributed by atoms with E-state index in [1.54, 1.807) is 27.7 Å². The molecule has 56 heavy (non-hydrogen) atoms. The van der Waals surface area contributed by atoms with Crippen LogP contribution >= 0.6 is 21.6 Å². The molecule has 2 aromatic carbocycles. The third-order valence-electron chi connectivity index (χ3n) is 11.4. The highest BCUT2D eigenvalue weighted by atomic mass is 33.1. The van der Waals surface area contributed by atoms with Crippen molar-refractivity contribution < 1.29 is 39.4 Å². The Bertz CT molecular complexity index is 1760. The van der Waals surface area contributed by atoms with Crippen molar-refractivity contribution in [3.05, 3.63) is 46.0 Å². The summed E-state index contributed by atoms with van der Waals surface area (Å²) in [7, 11) is 3.58. The highest BCUT2D eigenvalue weighted by molar-refractivity contribution is 8.76. The van der Waals surface area contributed by atoms with E-state index in [0.29, 0.717) is 72.8 Å². The minimum absolute atomic E-state index is 0.00209. The van der Waals surface area contributed by atoms with Crippen LogP contribution in [0.2, 0.25) is 0 Å². The fourth-order valence-corrected chi connectivity index (χ4v) is 10.9. The van der Waals surface area contributed by atoms with Crippen molar-refractivity contribution in [1.82, 2.24) is 10.6 Å². The molecule has 12 nitrogen and oxygen atoms in total. The zero-order valence-electron chi connectivity index (χ0n) is 32.6. The van der Waals surface area contributed by atoms with Gasteiger partial charge in [-0.3, -0.25) is 15.1 Å². The van der Waals surface area contributed by atoms with Crippen molar-refractivity contribution in [2.45, 2.75) is 115 Å². The predicted octanol–water partition coefficient (Wildman–Crippen LogP) is 4.58. The Balaban J connectivity index is 1.39. The third kappa shape index (κ3) is 11.0. The number of nitrogens with two attached hydrogens (primary N) is 1. The van der Waals surface area contributed by atoms with Crippen LogP contribution in [0.4, 0.5) is 0 Å². The van der Waals surface area contributed by atoms with Gasteiger partial charge in [-0.1, -0.05) is 78.7 Å². The highest BCUT2D eigenvalue weighted by Crippen LogP contribution is 2.46. The fourth-order valence-electron chi connectivity index (χ4n) is 8.02. The molecule has 2 bridgehead atoms. The number of aryl methyl sites for hydroxylation is 2. The van der Waals surface area contributed by atoms with Crippen molar-refractivity contribution in [1.29, 1.82) is 0 Å². The normalized spacial score (nSPS) is 25.4. The van der Waals surface area contributed by atoms with Gasteiger partial charge in [-0.2, -0.15) is 0 Å². The molecule has 4 aliphatic rings. The minimum Gasteiger partial charge on any atom is -0.504 e. The number of phenolic OH excluding ortho intramolecular Hbond substituents is 1. The number of aromatic hydroxyl groups is 1. The first-order valence-corrected chi connectivity index (χ1v) is 22.6. The summed E-state index contributed by atoms with van der Waals surface area (Å²) in [6.45, 7) is 4.35. The van der Waals surface area contributed by atoms with Crippen LogP contribution in [0.1, 0.15) is 93.0 Å². The molecule has 0 unspecified atom stereocenters. The molecule has 2 heterocycles. The van der Waals surface area contributed by atoms with Crippen LogP contribution in [-0.4, -0.2) is 88.2 Å². The lowest BCUT2D eigenvalue weighted by molar-refractivity contribution is -0.121. The number of carbonyl (C=O) groups is 1. The standard InChI is InChI=1S/C42H58N4O8S2/c1-25(2)36-22-56-55-21-29(20-44-42(43)46-36)35-19-34-27-12-15-32(49)18-31(48)14-11-26-13-16-37(50)39(53-24-47)33(26)10-6-7-28(17-27)38(40(34)54-41(35)51)52-23-45-30-8-4-3-5-9-30/h13,16-17,25,29-30,32,35-36,41,45,47,49-51H,3-5,7-9,11-12,14-15,18-24H2,1-2H3,(H3,43,44,46)/t29-,32+,35-,36+,41-/m0/s1. The van der Waals surface area contributed by atoms with Crippen LogP contribution < -0.4 is 30.6 Å². The Hall–Kier alpha value is -3.32. The Morgan fingerprint density at radius 1 is 1.02 bits per heavy atom. The maximum Gasteiger partial charge on any atom is 0.201 e. The van der Waals surface area contributed by atoms with E-state index in [9.17, 15) is 25.2 Å². The number of aliphatic hydroxyl groups is 3. The number of aliphatic imine (C=N–C) groups is 1. The van der Waals surface area contributed by atoms with Crippen molar-refractivity contribution in [2.24, 2.45) is 28.5 Å². The van der Waals surface area contributed by atoms with E-state index in [-0.39, 0.29) is 61.2 Å². The fraction of sp³-hybridized carbons (Fsp3) is 0.619. The topological polar surface area (TPSA) is 188 Å². The van der Waals surface area contributed by atoms with Gasteiger partial charge in [0.25, 0.3) is 0 Å². The average Bonchev–Trinajstić information content (AvgIpc) is 3.18. The van der Waals surface area contributed by atoms with Crippen LogP contribution in [0.15, 0.2) is 23.2 Å². The summed E-state index contributed by atoms with van der Waals surface area (Å²) in [5.74, 6) is 9.26. The number of benzene rings is 2. The second kappa shape index (κ2) is 20.4. The summed E-state index contributed by atoms with van der Waals surface area (Å²) in [5, 5.41) is 50.1. The zero-order chi connectivity index (χ0) is 39.6. The van der Waals surface area contributed by atoms with Gasteiger partial charge in [0.15, 0.2) is 35.8 Å². The number of guanidine groups is 1. The quantitative estimate of drug-likeness (QED) is 0.112. The van der Waals surface area contributed by atoms with Gasteiger partial charge in [-0.05, 0) is 67.6 Å². The first-order chi connectivity index (χ1) is 27.1. The number of fused-ring (bicyclic) bond motifs is 5. The van der Waals surface area contributed by atoms with E-state index < -0.39 is 19.2 Å². The zero-order valence-corrected chi connectivity index (χ0v) is 34.2. The lowest BCUT2D eigenvalue weighted by Gasteiger charge is -2.37. The molecule has 0 amide bonds. The van der Waals surface area contributed by atoms with E-state index in [1.165, 1.54) is 25.3 Å². The van der Waals surface area contributed by atoms with Crippen molar-refractivity contribution in [2.75, 3.05) is 31.6 Å². The number of hydrogen-bond donors (Lipinski definition) is 7. The lowest BCUT2D eigenvalue weighted by atomic mass is 9.81. The molecule has 0 radical (unpaired) electrons. The van der Waals surface area contributed by atoms with Crippen LogP contribution in [0.3, 0.4) is 0 Å². The summed E-state index contributed by atoms with van der Waals surface area (Å²) < 4.78 is 18.5. The number of Topliss-reactive ketones (excluding diaryl/α,β-unsaturated/α-hetero) is 1. The number of ether oxygens (including phenoxy) is 3. The van der Waals surface area contributed by atoms with Crippen LogP contribution in [-0.2, 0) is 30.5 Å². The van der Waals surface area contributed by atoms with Crippen LogP contribution in [0.25, 0.3) is 0 Å². The number of rotatable bonds is 8.